The fourth-order valence-electron chi connectivity index (χ4n) is 2.11. The highest BCUT2D eigenvalue weighted by molar-refractivity contribution is 5.85. The third-order valence-electron chi connectivity index (χ3n) is 3.40. The van der Waals surface area contributed by atoms with Gasteiger partial charge in [-0.1, -0.05) is 13.3 Å². The molecule has 0 fully saturated rings. The zero-order valence-electron chi connectivity index (χ0n) is 14.1. The summed E-state index contributed by atoms with van der Waals surface area (Å²) >= 11 is 0. The highest BCUT2D eigenvalue weighted by Gasteiger charge is 2.30. The minimum atomic E-state index is -4.40. The average molecular weight is 385 g/mol. The van der Waals surface area contributed by atoms with Crippen LogP contribution in [0.25, 0.3) is 0 Å². The number of nitrogens with zero attached hydrogens (tertiary/aromatic N) is 1. The Bertz CT molecular complexity index is 526. The summed E-state index contributed by atoms with van der Waals surface area (Å²) < 4.78 is 42.6. The number of hydrogen-bond donors (Lipinski definition) is 2. The number of carbonyl (C=O) groups is 1. The van der Waals surface area contributed by atoms with E-state index in [1.807, 2.05) is 6.92 Å². The lowest BCUT2D eigenvalue weighted by molar-refractivity contribution is -0.137. The minimum Gasteiger partial charge on any atom is -0.491 e. The Balaban J connectivity index is 0.00000576. The molecule has 0 bridgehead atoms. The summed E-state index contributed by atoms with van der Waals surface area (Å²) in [6.45, 7) is 1.79. The van der Waals surface area contributed by atoms with Crippen LogP contribution < -0.4 is 10.5 Å². The smallest absolute Gasteiger partial charge is 0.416 e. The number of nitrogens with two attached hydrogens (primary N) is 1. The van der Waals surface area contributed by atoms with Crippen molar-refractivity contribution in [3.8, 4) is 5.75 Å². The standard InChI is InChI=1S/C16H23F3N2O3.ClH/c1-3-4-14(20)15(23)21(2)9-12(22)10-24-13-7-5-11(6-8-13)16(17,18)19;/h5-8,12,14,22H,3-4,9-10,20H2,1-2H3;1H. The monoisotopic (exact) mass is 384 g/mol. The van der Waals surface area contributed by atoms with E-state index in [4.69, 9.17) is 10.5 Å². The molecule has 0 saturated carbocycles. The number of aliphatic hydroxyl groups is 1. The first kappa shape index (κ1) is 23.5. The van der Waals surface area contributed by atoms with E-state index >= 15 is 0 Å². The van der Waals surface area contributed by atoms with Crippen molar-refractivity contribution in [2.24, 2.45) is 5.73 Å². The molecule has 9 heteroatoms. The third kappa shape index (κ3) is 7.94. The van der Waals surface area contributed by atoms with E-state index < -0.39 is 23.9 Å². The van der Waals surface area contributed by atoms with Gasteiger partial charge in [0, 0.05) is 13.6 Å². The van der Waals surface area contributed by atoms with Crippen molar-refractivity contribution in [3.05, 3.63) is 29.8 Å². The summed E-state index contributed by atoms with van der Waals surface area (Å²) in [5, 5.41) is 9.89. The summed E-state index contributed by atoms with van der Waals surface area (Å²) in [5.41, 5.74) is 4.95. The molecule has 1 aromatic rings. The van der Waals surface area contributed by atoms with E-state index in [0.717, 1.165) is 18.6 Å². The first-order chi connectivity index (χ1) is 11.1. The van der Waals surface area contributed by atoms with Gasteiger partial charge in [-0.2, -0.15) is 13.2 Å². The molecule has 2 atom stereocenters. The molecule has 0 aromatic heterocycles. The van der Waals surface area contributed by atoms with Crippen molar-refractivity contribution in [2.75, 3.05) is 20.2 Å². The van der Waals surface area contributed by atoms with Crippen molar-refractivity contribution >= 4 is 18.3 Å². The summed E-state index contributed by atoms with van der Waals surface area (Å²) in [6.07, 6.45) is -4.05. The molecule has 1 rings (SSSR count). The van der Waals surface area contributed by atoms with Crippen LogP contribution in [0.5, 0.6) is 5.75 Å². The fourth-order valence-corrected chi connectivity index (χ4v) is 2.11. The molecule has 1 aromatic carbocycles. The summed E-state index contributed by atoms with van der Waals surface area (Å²) in [5.74, 6) is -0.0656. The first-order valence-corrected chi connectivity index (χ1v) is 7.63. The number of halogens is 4. The molecule has 0 heterocycles. The van der Waals surface area contributed by atoms with Gasteiger partial charge < -0.3 is 20.5 Å². The van der Waals surface area contributed by atoms with Crippen LogP contribution in [0.1, 0.15) is 25.3 Å². The maximum Gasteiger partial charge on any atom is 0.416 e. The number of carbonyl (C=O) groups excluding carboxylic acids is 1. The van der Waals surface area contributed by atoms with Gasteiger partial charge in [-0.3, -0.25) is 4.79 Å². The molecule has 0 radical (unpaired) electrons. The number of ether oxygens (including phenoxy) is 1. The van der Waals surface area contributed by atoms with E-state index in [2.05, 4.69) is 0 Å². The van der Waals surface area contributed by atoms with Crippen molar-refractivity contribution in [1.82, 2.24) is 4.90 Å². The van der Waals surface area contributed by atoms with Crippen LogP contribution in [-0.4, -0.2) is 48.3 Å². The lowest BCUT2D eigenvalue weighted by Crippen LogP contribution is -2.45. The molecule has 1 amide bonds. The second-order valence-corrected chi connectivity index (χ2v) is 5.60. The second kappa shape index (κ2) is 10.5. The van der Waals surface area contributed by atoms with Crippen LogP contribution in [0.4, 0.5) is 13.2 Å². The highest BCUT2D eigenvalue weighted by Crippen LogP contribution is 2.30. The number of benzene rings is 1. The normalized spacial score (nSPS) is 13.6. The van der Waals surface area contributed by atoms with Crippen molar-refractivity contribution in [3.63, 3.8) is 0 Å². The van der Waals surface area contributed by atoms with E-state index in [-0.39, 0.29) is 37.2 Å². The number of aliphatic hydroxyl groups excluding tert-OH is 1. The Kier molecular flexibility index (Phi) is 9.84. The number of alkyl halides is 3. The Morgan fingerprint density at radius 1 is 1.32 bits per heavy atom. The molecule has 5 nitrogen and oxygen atoms in total. The molecule has 0 saturated heterocycles. The van der Waals surface area contributed by atoms with Gasteiger partial charge in [-0.05, 0) is 30.7 Å². The number of rotatable bonds is 8. The van der Waals surface area contributed by atoms with Gasteiger partial charge in [-0.25, -0.2) is 0 Å². The molecule has 3 N–H and O–H groups in total. The van der Waals surface area contributed by atoms with Crippen LogP contribution in [0, 0.1) is 0 Å². The van der Waals surface area contributed by atoms with Gasteiger partial charge in [0.05, 0.1) is 11.6 Å². The highest BCUT2D eigenvalue weighted by atomic mass is 35.5. The van der Waals surface area contributed by atoms with E-state index in [1.54, 1.807) is 0 Å². The second-order valence-electron chi connectivity index (χ2n) is 5.60. The Labute approximate surface area is 151 Å². The molecule has 0 aliphatic heterocycles. The molecule has 0 aliphatic rings. The fraction of sp³-hybridized carbons (Fsp3) is 0.562. The van der Waals surface area contributed by atoms with Crippen molar-refractivity contribution < 1.29 is 27.8 Å². The van der Waals surface area contributed by atoms with Gasteiger partial charge >= 0.3 is 6.18 Å². The van der Waals surface area contributed by atoms with Crippen LogP contribution in [0.2, 0.25) is 0 Å². The Morgan fingerprint density at radius 3 is 2.36 bits per heavy atom. The lowest BCUT2D eigenvalue weighted by atomic mass is 10.1. The predicted octanol–water partition coefficient (Wildman–Crippen LogP) is 2.45. The summed E-state index contributed by atoms with van der Waals surface area (Å²) in [4.78, 5) is 13.2. The van der Waals surface area contributed by atoms with E-state index in [1.165, 1.54) is 24.1 Å². The van der Waals surface area contributed by atoms with Gasteiger partial charge in [0.2, 0.25) is 5.91 Å². The third-order valence-corrected chi connectivity index (χ3v) is 3.40. The molecule has 0 spiro atoms. The first-order valence-electron chi connectivity index (χ1n) is 7.63. The Hall–Kier alpha value is -1.51. The van der Waals surface area contributed by atoms with E-state index in [9.17, 15) is 23.1 Å². The van der Waals surface area contributed by atoms with Gasteiger partial charge in [0.1, 0.15) is 18.5 Å². The Morgan fingerprint density at radius 2 is 1.88 bits per heavy atom. The molecular formula is C16H24ClF3N2O3. The molecule has 144 valence electrons. The number of hydrogen-bond acceptors (Lipinski definition) is 4. The van der Waals surface area contributed by atoms with Crippen LogP contribution >= 0.6 is 12.4 Å². The summed E-state index contributed by atoms with van der Waals surface area (Å²) in [7, 11) is 1.53. The minimum absolute atomic E-state index is 0. The van der Waals surface area contributed by atoms with Crippen LogP contribution in [0.15, 0.2) is 24.3 Å². The number of amides is 1. The maximum absolute atomic E-state index is 12.4. The quantitative estimate of drug-likeness (QED) is 0.722. The van der Waals surface area contributed by atoms with Crippen molar-refractivity contribution in [1.29, 1.82) is 0 Å². The molecular weight excluding hydrogens is 361 g/mol. The largest absolute Gasteiger partial charge is 0.491 e. The summed E-state index contributed by atoms with van der Waals surface area (Å²) in [6, 6.07) is 3.56. The van der Waals surface area contributed by atoms with Crippen LogP contribution in [-0.2, 0) is 11.0 Å². The van der Waals surface area contributed by atoms with Crippen molar-refractivity contribution in [2.45, 2.75) is 38.1 Å². The lowest BCUT2D eigenvalue weighted by Gasteiger charge is -2.23. The maximum atomic E-state index is 12.4. The average Bonchev–Trinajstić information content (AvgIpc) is 2.51. The predicted molar refractivity (Wildman–Crippen MR) is 90.7 cm³/mol. The molecule has 0 aliphatic carbocycles. The topological polar surface area (TPSA) is 75.8 Å². The van der Waals surface area contributed by atoms with E-state index in [0.29, 0.717) is 6.42 Å². The molecule has 2 unspecified atom stereocenters. The zero-order valence-corrected chi connectivity index (χ0v) is 14.9. The number of likely N-dealkylation sites (N-methyl/N-ethyl adjacent to an activating group) is 1. The SMILES string of the molecule is CCCC(N)C(=O)N(C)CC(O)COc1ccc(C(F)(F)F)cc1.Cl. The zero-order chi connectivity index (χ0) is 18.3. The van der Waals surface area contributed by atoms with Gasteiger partial charge in [0.15, 0.2) is 0 Å². The van der Waals surface area contributed by atoms with Gasteiger partial charge in [-0.15, -0.1) is 12.4 Å². The molecule has 25 heavy (non-hydrogen) atoms. The van der Waals surface area contributed by atoms with Crippen LogP contribution in [0.3, 0.4) is 0 Å². The van der Waals surface area contributed by atoms with Gasteiger partial charge in [0.25, 0.3) is 0 Å².